The van der Waals surface area contributed by atoms with E-state index in [-0.39, 0.29) is 11.7 Å². The van der Waals surface area contributed by atoms with Crippen molar-refractivity contribution in [2.24, 2.45) is 5.92 Å². The maximum Gasteiger partial charge on any atom is 0.408 e. The van der Waals surface area contributed by atoms with Gasteiger partial charge in [-0.05, 0) is 83.7 Å². The first-order valence-corrected chi connectivity index (χ1v) is 13.5. The molecule has 214 valence electrons. The van der Waals surface area contributed by atoms with Crippen LogP contribution in [0.15, 0.2) is 42.5 Å². The molecular formula is C30H42ClN3O5. The lowest BCUT2D eigenvalue weighted by Gasteiger charge is -2.44. The summed E-state index contributed by atoms with van der Waals surface area (Å²) in [5, 5.41) is 16.0. The van der Waals surface area contributed by atoms with Crippen molar-refractivity contribution >= 4 is 35.2 Å². The summed E-state index contributed by atoms with van der Waals surface area (Å²) >= 11 is 6.41. The quantitative estimate of drug-likeness (QED) is 0.337. The molecule has 0 spiro atoms. The Hall–Kier alpha value is -3.26. The summed E-state index contributed by atoms with van der Waals surface area (Å²) in [5.41, 5.74) is 0.0856. The summed E-state index contributed by atoms with van der Waals surface area (Å²) in [6, 6.07) is 9.35. The van der Waals surface area contributed by atoms with Crippen LogP contribution < -0.4 is 10.6 Å². The van der Waals surface area contributed by atoms with Gasteiger partial charge in [0.25, 0.3) is 5.91 Å². The molecule has 0 saturated carbocycles. The normalized spacial score (nSPS) is 14.1. The standard InChI is InChI=1S/C30H42ClN3O5/c1-10-18(2)24(33-28(38)39-30(7,8)9)27(37)34(29(4,5)6)25(20-14-16-21(35)17-15-20)26(36)32-23-19(3)12-11-13-22(23)31/h11-18,24-25,35H,10H2,1-9H3,(H,32,36)(H,33,38). The molecular weight excluding hydrogens is 518 g/mol. The van der Waals surface area contributed by atoms with Crippen LogP contribution >= 0.6 is 11.6 Å². The number of rotatable bonds is 8. The van der Waals surface area contributed by atoms with Crippen LogP contribution in [0.2, 0.25) is 5.02 Å². The first-order valence-electron chi connectivity index (χ1n) is 13.1. The average molecular weight is 560 g/mol. The van der Waals surface area contributed by atoms with E-state index in [4.69, 9.17) is 16.3 Å². The lowest BCUT2D eigenvalue weighted by atomic mass is 9.91. The summed E-state index contributed by atoms with van der Waals surface area (Å²) < 4.78 is 5.45. The average Bonchev–Trinajstić information content (AvgIpc) is 2.81. The van der Waals surface area contributed by atoms with Crippen LogP contribution in [0.3, 0.4) is 0 Å². The van der Waals surface area contributed by atoms with Crippen molar-refractivity contribution in [2.75, 3.05) is 5.32 Å². The van der Waals surface area contributed by atoms with Crippen LogP contribution in [-0.4, -0.2) is 45.1 Å². The first-order chi connectivity index (χ1) is 18.0. The van der Waals surface area contributed by atoms with Crippen LogP contribution in [0.25, 0.3) is 0 Å². The number of carbonyl (C=O) groups excluding carboxylic acids is 3. The minimum Gasteiger partial charge on any atom is -0.508 e. The molecule has 3 unspecified atom stereocenters. The number of benzene rings is 2. The zero-order valence-corrected chi connectivity index (χ0v) is 25.1. The van der Waals surface area contributed by atoms with Crippen molar-refractivity contribution < 1.29 is 24.2 Å². The number of aromatic hydroxyl groups is 1. The Labute approximate surface area is 237 Å². The minimum atomic E-state index is -1.11. The molecule has 39 heavy (non-hydrogen) atoms. The van der Waals surface area contributed by atoms with Gasteiger partial charge in [-0.25, -0.2) is 4.79 Å². The number of amides is 3. The third kappa shape index (κ3) is 8.62. The van der Waals surface area contributed by atoms with Gasteiger partial charge < -0.3 is 25.4 Å². The summed E-state index contributed by atoms with van der Waals surface area (Å²) in [6.07, 6.45) is -0.119. The number of anilines is 1. The van der Waals surface area contributed by atoms with E-state index >= 15 is 0 Å². The number of aryl methyl sites for hydroxylation is 1. The summed E-state index contributed by atoms with van der Waals surface area (Å²) in [7, 11) is 0. The molecule has 0 aliphatic rings. The van der Waals surface area contributed by atoms with E-state index < -0.39 is 41.1 Å². The number of phenols is 1. The summed E-state index contributed by atoms with van der Waals surface area (Å²) in [6.45, 7) is 16.3. The van der Waals surface area contributed by atoms with Crippen molar-refractivity contribution in [3.8, 4) is 5.75 Å². The molecule has 3 amide bonds. The van der Waals surface area contributed by atoms with Gasteiger partial charge in [0, 0.05) is 5.54 Å². The van der Waals surface area contributed by atoms with E-state index in [0.717, 1.165) is 5.56 Å². The molecule has 0 fully saturated rings. The van der Waals surface area contributed by atoms with Crippen LogP contribution in [-0.2, 0) is 14.3 Å². The lowest BCUT2D eigenvalue weighted by Crippen LogP contribution is -2.59. The van der Waals surface area contributed by atoms with Crippen molar-refractivity contribution in [2.45, 2.75) is 92.0 Å². The highest BCUT2D eigenvalue weighted by Crippen LogP contribution is 2.34. The molecule has 3 atom stereocenters. The molecule has 0 radical (unpaired) electrons. The number of carbonyl (C=O) groups is 3. The molecule has 2 aromatic carbocycles. The summed E-state index contributed by atoms with van der Waals surface area (Å²) in [4.78, 5) is 42.6. The smallest absolute Gasteiger partial charge is 0.408 e. The monoisotopic (exact) mass is 559 g/mol. The predicted molar refractivity (Wildman–Crippen MR) is 155 cm³/mol. The fraction of sp³-hybridized carbons (Fsp3) is 0.500. The van der Waals surface area contributed by atoms with E-state index in [1.165, 1.54) is 17.0 Å². The Morgan fingerprint density at radius 1 is 1.03 bits per heavy atom. The van der Waals surface area contributed by atoms with E-state index in [0.29, 0.717) is 22.7 Å². The van der Waals surface area contributed by atoms with Gasteiger partial charge in [0.15, 0.2) is 0 Å². The Bertz CT molecular complexity index is 1150. The first kappa shape index (κ1) is 32.0. The molecule has 3 N–H and O–H groups in total. The third-order valence-electron chi connectivity index (χ3n) is 6.30. The predicted octanol–water partition coefficient (Wildman–Crippen LogP) is 6.60. The number of halogens is 1. The number of hydrogen-bond acceptors (Lipinski definition) is 5. The number of hydrogen-bond donors (Lipinski definition) is 3. The largest absolute Gasteiger partial charge is 0.508 e. The van der Waals surface area contributed by atoms with Gasteiger partial charge in [-0.2, -0.15) is 0 Å². The van der Waals surface area contributed by atoms with Gasteiger partial charge in [0.05, 0.1) is 10.7 Å². The number of ether oxygens (including phenoxy) is 1. The second kappa shape index (κ2) is 12.7. The fourth-order valence-corrected chi connectivity index (χ4v) is 4.44. The van der Waals surface area contributed by atoms with Gasteiger partial charge in [0.1, 0.15) is 23.4 Å². The molecule has 0 aliphatic carbocycles. The second-order valence-corrected chi connectivity index (χ2v) is 12.2. The molecule has 0 bridgehead atoms. The van der Waals surface area contributed by atoms with Crippen LogP contribution in [0.5, 0.6) is 5.75 Å². The number of nitrogens with one attached hydrogen (secondary N) is 2. The Morgan fingerprint density at radius 2 is 1.62 bits per heavy atom. The van der Waals surface area contributed by atoms with Gasteiger partial charge in [0.2, 0.25) is 5.91 Å². The van der Waals surface area contributed by atoms with E-state index in [9.17, 15) is 19.5 Å². The Morgan fingerprint density at radius 3 is 2.10 bits per heavy atom. The number of para-hydroxylation sites is 1. The highest BCUT2D eigenvalue weighted by molar-refractivity contribution is 6.34. The highest BCUT2D eigenvalue weighted by Gasteiger charge is 2.43. The number of alkyl carbamates (subject to hydrolysis) is 1. The van der Waals surface area contributed by atoms with Gasteiger partial charge in [-0.15, -0.1) is 0 Å². The fourth-order valence-electron chi connectivity index (χ4n) is 4.17. The molecule has 9 heteroatoms. The number of phenolic OH excluding ortho intramolecular Hbond substituents is 1. The Kier molecular flexibility index (Phi) is 10.4. The van der Waals surface area contributed by atoms with E-state index in [1.54, 1.807) is 45.0 Å². The molecule has 8 nitrogen and oxygen atoms in total. The third-order valence-corrected chi connectivity index (χ3v) is 6.61. The van der Waals surface area contributed by atoms with Gasteiger partial charge in [-0.3, -0.25) is 9.59 Å². The van der Waals surface area contributed by atoms with E-state index in [2.05, 4.69) is 10.6 Å². The maximum absolute atomic E-state index is 14.4. The van der Waals surface area contributed by atoms with Crippen molar-refractivity contribution in [1.82, 2.24) is 10.2 Å². The molecule has 2 rings (SSSR count). The van der Waals surface area contributed by atoms with Gasteiger partial charge in [-0.1, -0.05) is 56.1 Å². The maximum atomic E-state index is 14.4. The van der Waals surface area contributed by atoms with Crippen LogP contribution in [0.1, 0.15) is 79.0 Å². The van der Waals surface area contributed by atoms with E-state index in [1.807, 2.05) is 47.6 Å². The van der Waals surface area contributed by atoms with Crippen molar-refractivity contribution in [3.63, 3.8) is 0 Å². The van der Waals surface area contributed by atoms with Gasteiger partial charge >= 0.3 is 6.09 Å². The second-order valence-electron chi connectivity index (χ2n) is 11.8. The molecule has 0 aromatic heterocycles. The van der Waals surface area contributed by atoms with Crippen LogP contribution in [0, 0.1) is 12.8 Å². The van der Waals surface area contributed by atoms with Crippen molar-refractivity contribution in [1.29, 1.82) is 0 Å². The highest BCUT2D eigenvalue weighted by atomic mass is 35.5. The number of nitrogens with zero attached hydrogens (tertiary/aromatic N) is 1. The zero-order chi connectivity index (χ0) is 29.7. The topological polar surface area (TPSA) is 108 Å². The van der Waals surface area contributed by atoms with Crippen molar-refractivity contribution in [3.05, 3.63) is 58.6 Å². The molecule has 0 aliphatic heterocycles. The SMILES string of the molecule is CCC(C)C(NC(=O)OC(C)(C)C)C(=O)N(C(C(=O)Nc1c(C)cccc1Cl)c1ccc(O)cc1)C(C)(C)C. The van der Waals surface area contributed by atoms with Crippen LogP contribution in [0.4, 0.5) is 10.5 Å². The lowest BCUT2D eigenvalue weighted by molar-refractivity contribution is -0.147. The zero-order valence-electron chi connectivity index (χ0n) is 24.4. The Balaban J connectivity index is 2.64. The molecule has 0 heterocycles. The summed E-state index contributed by atoms with van der Waals surface area (Å²) in [5.74, 6) is -1.16. The minimum absolute atomic E-state index is 0.0255. The molecule has 0 saturated heterocycles. The molecule has 2 aromatic rings.